The van der Waals surface area contributed by atoms with E-state index in [1.807, 2.05) is 67.7 Å². The maximum absolute atomic E-state index is 8.80. The molecule has 2 aromatic carbocycles. The van der Waals surface area contributed by atoms with E-state index in [0.29, 0.717) is 5.84 Å². The molecule has 0 aliphatic carbocycles. The van der Waals surface area contributed by atoms with Crippen molar-refractivity contribution in [2.24, 2.45) is 0 Å². The number of nitrogens with zero attached hydrogens (tertiary/aromatic N) is 1. The fourth-order valence-corrected chi connectivity index (χ4v) is 1.62. The lowest BCUT2D eigenvalue weighted by molar-refractivity contribution is -0.355. The molecule has 0 radical (unpaired) electrons. The van der Waals surface area contributed by atoms with Crippen LogP contribution in [0.25, 0.3) is 0 Å². The fourth-order valence-electron chi connectivity index (χ4n) is 1.62. The highest BCUT2D eigenvalue weighted by Crippen LogP contribution is 2.02. The molecule has 0 aliphatic rings. The molecule has 0 bridgehead atoms. The monoisotopic (exact) mass is 236 g/mol. The van der Waals surface area contributed by atoms with Gasteiger partial charge in [-0.3, -0.25) is 0 Å². The fraction of sp³-hybridized carbons (Fsp3) is 0.0667. The van der Waals surface area contributed by atoms with Crippen LogP contribution in [-0.4, -0.2) is 5.84 Å². The first-order chi connectivity index (χ1) is 8.79. The molecule has 2 aromatic rings. The van der Waals surface area contributed by atoms with Crippen molar-refractivity contribution in [1.82, 2.24) is 5.32 Å². The third-order valence-corrected chi connectivity index (χ3v) is 2.56. The largest absolute Gasteiger partial charge is 0.294 e. The van der Waals surface area contributed by atoms with Crippen molar-refractivity contribution in [2.45, 2.75) is 6.92 Å². The molecule has 0 aromatic heterocycles. The summed E-state index contributed by atoms with van der Waals surface area (Å²) in [5.41, 5.74) is 3.09. The third kappa shape index (κ3) is 2.96. The number of nitrogens with one attached hydrogen (secondary N) is 2. The predicted octanol–water partition coefficient (Wildman–Crippen LogP) is 1.22. The van der Waals surface area contributed by atoms with Crippen LogP contribution in [0.5, 0.6) is 0 Å². The molecule has 2 rings (SSSR count). The van der Waals surface area contributed by atoms with E-state index < -0.39 is 0 Å². The Morgan fingerprint density at radius 1 is 1.06 bits per heavy atom. The Balaban J connectivity index is 2.36. The van der Waals surface area contributed by atoms with Crippen molar-refractivity contribution in [2.75, 3.05) is 0 Å². The van der Waals surface area contributed by atoms with Crippen LogP contribution in [0.4, 0.5) is 5.69 Å². The molecule has 0 spiro atoms. The molecule has 0 saturated heterocycles. The molecule has 0 aliphatic heterocycles. The van der Waals surface area contributed by atoms with Gasteiger partial charge in [-0.2, -0.15) is 5.32 Å². The summed E-state index contributed by atoms with van der Waals surface area (Å²) >= 11 is 0. The van der Waals surface area contributed by atoms with E-state index in [9.17, 15) is 0 Å². The van der Waals surface area contributed by atoms with E-state index in [2.05, 4.69) is 10.3 Å². The lowest BCUT2D eigenvalue weighted by atomic mass is 10.2. The molecule has 3 heteroatoms. The SMILES string of the molecule is Cc1ccc([NH+]=C(NC#N)c2ccccc2)cc1. The molecule has 18 heavy (non-hydrogen) atoms. The van der Waals surface area contributed by atoms with Crippen LogP contribution in [0.1, 0.15) is 11.1 Å². The zero-order valence-electron chi connectivity index (χ0n) is 10.1. The van der Waals surface area contributed by atoms with Crippen molar-refractivity contribution < 1.29 is 4.99 Å². The summed E-state index contributed by atoms with van der Waals surface area (Å²) in [5, 5.41) is 11.5. The second-order valence-corrected chi connectivity index (χ2v) is 3.97. The lowest BCUT2D eigenvalue weighted by Gasteiger charge is -1.98. The van der Waals surface area contributed by atoms with Crippen LogP contribution in [0.2, 0.25) is 0 Å². The summed E-state index contributed by atoms with van der Waals surface area (Å²) in [4.78, 5) is 3.21. The molecule has 0 amide bonds. The zero-order valence-corrected chi connectivity index (χ0v) is 10.1. The molecule has 0 heterocycles. The number of hydrogen-bond donors (Lipinski definition) is 2. The summed E-state index contributed by atoms with van der Waals surface area (Å²) in [6.07, 6.45) is 1.95. The van der Waals surface area contributed by atoms with Gasteiger partial charge in [-0.15, -0.1) is 5.26 Å². The standard InChI is InChI=1S/C15H13N3/c1-12-7-9-14(10-8-12)18-15(17-11-16)13-5-3-2-4-6-13/h2-10H,1H3,(H,17,18)/p+1. The van der Waals surface area contributed by atoms with Gasteiger partial charge in [-0.25, -0.2) is 4.99 Å². The third-order valence-electron chi connectivity index (χ3n) is 2.56. The van der Waals surface area contributed by atoms with Crippen LogP contribution in [0.3, 0.4) is 0 Å². The zero-order chi connectivity index (χ0) is 12.8. The Labute approximate surface area is 106 Å². The second kappa shape index (κ2) is 5.65. The molecule has 88 valence electrons. The van der Waals surface area contributed by atoms with Gasteiger partial charge < -0.3 is 0 Å². The van der Waals surface area contributed by atoms with Crippen molar-refractivity contribution >= 4 is 11.5 Å². The summed E-state index contributed by atoms with van der Waals surface area (Å²) < 4.78 is 0. The number of aryl methyl sites for hydroxylation is 1. The quantitative estimate of drug-likeness (QED) is 0.356. The van der Waals surface area contributed by atoms with Gasteiger partial charge in [0.1, 0.15) is 5.69 Å². The van der Waals surface area contributed by atoms with Crippen LogP contribution < -0.4 is 10.3 Å². The lowest BCUT2D eigenvalue weighted by Crippen LogP contribution is -2.70. The van der Waals surface area contributed by atoms with Crippen LogP contribution in [-0.2, 0) is 0 Å². The average molecular weight is 236 g/mol. The Bertz CT molecular complexity index is 577. The van der Waals surface area contributed by atoms with Gasteiger partial charge in [0, 0.05) is 0 Å². The van der Waals surface area contributed by atoms with E-state index in [1.54, 1.807) is 0 Å². The second-order valence-electron chi connectivity index (χ2n) is 3.97. The Kier molecular flexibility index (Phi) is 3.72. The van der Waals surface area contributed by atoms with Crippen LogP contribution in [0.15, 0.2) is 54.6 Å². The van der Waals surface area contributed by atoms with E-state index in [4.69, 9.17) is 5.26 Å². The number of amidine groups is 1. The summed E-state index contributed by atoms with van der Waals surface area (Å²) in [6, 6.07) is 17.7. The molecular formula is C15H14N3+. The first-order valence-corrected chi connectivity index (χ1v) is 5.71. The molecule has 0 unspecified atom stereocenters. The van der Waals surface area contributed by atoms with E-state index in [1.165, 1.54) is 5.56 Å². The summed E-state index contributed by atoms with van der Waals surface area (Å²) in [7, 11) is 0. The molecule has 0 saturated carbocycles. The Morgan fingerprint density at radius 3 is 2.33 bits per heavy atom. The van der Waals surface area contributed by atoms with Gasteiger partial charge >= 0.3 is 0 Å². The number of nitriles is 1. The molecular weight excluding hydrogens is 222 g/mol. The topological polar surface area (TPSA) is 49.8 Å². The maximum Gasteiger partial charge on any atom is 0.294 e. The van der Waals surface area contributed by atoms with Gasteiger partial charge in [0.2, 0.25) is 0 Å². The van der Waals surface area contributed by atoms with Gasteiger partial charge in [0.05, 0.1) is 5.56 Å². The number of hydrogen-bond acceptors (Lipinski definition) is 1. The predicted molar refractivity (Wildman–Crippen MR) is 71.1 cm³/mol. The number of benzene rings is 2. The van der Waals surface area contributed by atoms with E-state index in [0.717, 1.165) is 11.3 Å². The normalized spacial score (nSPS) is 10.8. The van der Waals surface area contributed by atoms with Crippen molar-refractivity contribution in [3.8, 4) is 6.19 Å². The minimum Gasteiger partial charge on any atom is -0.240 e. The Hall–Kier alpha value is -2.60. The van der Waals surface area contributed by atoms with Gasteiger partial charge in [-0.1, -0.05) is 35.9 Å². The van der Waals surface area contributed by atoms with Crippen molar-refractivity contribution in [3.63, 3.8) is 0 Å². The highest BCUT2D eigenvalue weighted by atomic mass is 15.0. The highest BCUT2D eigenvalue weighted by molar-refractivity contribution is 5.95. The molecule has 0 fully saturated rings. The minimum absolute atomic E-state index is 0.682. The molecule has 2 N–H and O–H groups in total. The minimum atomic E-state index is 0.682. The summed E-state index contributed by atoms with van der Waals surface area (Å²) in [5.74, 6) is 0.682. The van der Waals surface area contributed by atoms with Crippen molar-refractivity contribution in [3.05, 3.63) is 65.7 Å². The van der Waals surface area contributed by atoms with Gasteiger partial charge in [0.15, 0.2) is 0 Å². The first kappa shape index (κ1) is 11.9. The first-order valence-electron chi connectivity index (χ1n) is 5.71. The van der Waals surface area contributed by atoms with Gasteiger partial charge in [-0.05, 0) is 31.2 Å². The van der Waals surface area contributed by atoms with E-state index >= 15 is 0 Å². The molecule has 0 atom stereocenters. The highest BCUT2D eigenvalue weighted by Gasteiger charge is 2.09. The smallest absolute Gasteiger partial charge is 0.240 e. The maximum atomic E-state index is 8.80. The Morgan fingerprint density at radius 2 is 1.72 bits per heavy atom. The van der Waals surface area contributed by atoms with Gasteiger partial charge in [0.25, 0.3) is 12.0 Å². The van der Waals surface area contributed by atoms with Crippen molar-refractivity contribution in [1.29, 1.82) is 5.26 Å². The van der Waals surface area contributed by atoms with Crippen LogP contribution in [0, 0.1) is 18.4 Å². The number of rotatable bonds is 2. The van der Waals surface area contributed by atoms with Crippen LogP contribution >= 0.6 is 0 Å². The van der Waals surface area contributed by atoms with E-state index in [-0.39, 0.29) is 0 Å². The average Bonchev–Trinajstić information content (AvgIpc) is 2.42. The molecule has 3 nitrogen and oxygen atoms in total. The summed E-state index contributed by atoms with van der Waals surface area (Å²) in [6.45, 7) is 2.04.